The van der Waals surface area contributed by atoms with Gasteiger partial charge in [-0.15, -0.1) is 0 Å². The van der Waals surface area contributed by atoms with E-state index in [9.17, 15) is 4.79 Å². The Hall–Kier alpha value is -2.15. The summed E-state index contributed by atoms with van der Waals surface area (Å²) >= 11 is 0. The van der Waals surface area contributed by atoms with Gasteiger partial charge in [-0.1, -0.05) is 12.1 Å². The van der Waals surface area contributed by atoms with Gasteiger partial charge in [-0.05, 0) is 31.2 Å². The molecule has 1 aromatic carbocycles. The summed E-state index contributed by atoms with van der Waals surface area (Å²) in [7, 11) is 0. The molecule has 0 aliphatic heterocycles. The fraction of sp³-hybridized carbons (Fsp3) is 0.353. The number of carbonyl (C=O) groups is 1. The molecule has 2 aromatic rings. The second kappa shape index (κ2) is 8.47. The average Bonchev–Trinajstić information content (AvgIpc) is 2.99. The first-order chi connectivity index (χ1) is 11.1. The quantitative estimate of drug-likeness (QED) is 0.526. The van der Waals surface area contributed by atoms with Crippen LogP contribution in [0.4, 0.5) is 0 Å². The van der Waals surface area contributed by atoms with Crippen molar-refractivity contribution < 1.29 is 19.4 Å². The minimum absolute atomic E-state index is 0.239. The third-order valence-corrected chi connectivity index (χ3v) is 3.27. The Morgan fingerprint density at radius 3 is 2.74 bits per heavy atom. The lowest BCUT2D eigenvalue weighted by atomic mass is 10.1. The predicted octanol–water partition coefficient (Wildman–Crippen LogP) is 1.70. The zero-order valence-electron chi connectivity index (χ0n) is 13.1. The van der Waals surface area contributed by atoms with Gasteiger partial charge >= 0.3 is 5.97 Å². The summed E-state index contributed by atoms with van der Waals surface area (Å²) in [5.74, 6) is 0.485. The highest BCUT2D eigenvalue weighted by Gasteiger charge is 2.08. The van der Waals surface area contributed by atoms with E-state index >= 15 is 0 Å². The fourth-order valence-electron chi connectivity index (χ4n) is 2.13. The Labute approximate surface area is 135 Å². The molecule has 0 aliphatic carbocycles. The Bertz CT molecular complexity index is 637. The Morgan fingerprint density at radius 1 is 1.22 bits per heavy atom. The number of nitrogens with one attached hydrogen (secondary N) is 2. The van der Waals surface area contributed by atoms with Gasteiger partial charge in [0.1, 0.15) is 11.5 Å². The molecule has 0 saturated carbocycles. The van der Waals surface area contributed by atoms with Gasteiger partial charge in [0.15, 0.2) is 0 Å². The molecule has 1 aromatic heterocycles. The van der Waals surface area contributed by atoms with E-state index in [0.29, 0.717) is 18.8 Å². The van der Waals surface area contributed by atoms with Gasteiger partial charge in [-0.25, -0.2) is 4.79 Å². The number of rotatable bonds is 9. The normalized spacial score (nSPS) is 12.3. The van der Waals surface area contributed by atoms with Gasteiger partial charge < -0.3 is 25.3 Å². The number of benzene rings is 1. The van der Waals surface area contributed by atoms with Crippen molar-refractivity contribution in [3.05, 3.63) is 47.7 Å². The summed E-state index contributed by atoms with van der Waals surface area (Å²) < 4.78 is 5.73. The van der Waals surface area contributed by atoms with Gasteiger partial charge in [-0.3, -0.25) is 0 Å². The molecule has 23 heavy (non-hydrogen) atoms. The molecule has 1 atom stereocenters. The first-order valence-corrected chi connectivity index (χ1v) is 7.58. The lowest BCUT2D eigenvalue weighted by Gasteiger charge is -2.07. The molecule has 0 saturated heterocycles. The zero-order chi connectivity index (χ0) is 16.7. The summed E-state index contributed by atoms with van der Waals surface area (Å²) in [6.07, 6.45) is -0.343. The molecule has 0 spiro atoms. The maximum absolute atomic E-state index is 11.0. The molecule has 6 heteroatoms. The fourth-order valence-corrected chi connectivity index (χ4v) is 2.13. The van der Waals surface area contributed by atoms with Crippen LogP contribution >= 0.6 is 0 Å². The average molecular weight is 318 g/mol. The predicted molar refractivity (Wildman–Crippen MR) is 87.4 cm³/mol. The van der Waals surface area contributed by atoms with E-state index < -0.39 is 5.97 Å². The smallest absolute Gasteiger partial charge is 0.335 e. The lowest BCUT2D eigenvalue weighted by molar-refractivity contribution is 0.0697. The molecule has 0 amide bonds. The molecule has 0 aliphatic rings. The highest BCUT2D eigenvalue weighted by Crippen LogP contribution is 2.23. The van der Waals surface area contributed by atoms with Crippen LogP contribution in [0.1, 0.15) is 23.0 Å². The van der Waals surface area contributed by atoms with Crippen LogP contribution in [-0.4, -0.2) is 41.9 Å². The van der Waals surface area contributed by atoms with Crippen molar-refractivity contribution in [3.63, 3.8) is 0 Å². The van der Waals surface area contributed by atoms with Crippen molar-refractivity contribution >= 4 is 5.97 Å². The minimum atomic E-state index is -0.954. The van der Waals surface area contributed by atoms with Crippen LogP contribution in [0.3, 0.4) is 0 Å². The van der Waals surface area contributed by atoms with Crippen LogP contribution in [-0.2, 0) is 6.54 Å². The summed E-state index contributed by atoms with van der Waals surface area (Å²) in [5, 5.41) is 24.5. The number of carboxylic acids is 1. The largest absolute Gasteiger partial charge is 0.478 e. The minimum Gasteiger partial charge on any atom is -0.478 e. The molecule has 6 nitrogen and oxygen atoms in total. The van der Waals surface area contributed by atoms with E-state index in [0.717, 1.165) is 24.4 Å². The third-order valence-electron chi connectivity index (χ3n) is 3.27. The van der Waals surface area contributed by atoms with E-state index in [-0.39, 0.29) is 11.7 Å². The Balaban J connectivity index is 1.84. The number of hydrogen-bond donors (Lipinski definition) is 4. The van der Waals surface area contributed by atoms with E-state index in [1.54, 1.807) is 25.1 Å². The zero-order valence-corrected chi connectivity index (χ0v) is 13.1. The monoisotopic (exact) mass is 318 g/mol. The molecule has 0 fully saturated rings. The highest BCUT2D eigenvalue weighted by molar-refractivity contribution is 5.89. The third kappa shape index (κ3) is 5.52. The SMILES string of the molecule is CC(O)CNCCNCc1ccc(-c2cccc(C(=O)O)c2)o1. The van der Waals surface area contributed by atoms with Crippen molar-refractivity contribution in [1.29, 1.82) is 0 Å². The first kappa shape index (κ1) is 17.2. The van der Waals surface area contributed by atoms with Crippen LogP contribution in [0.5, 0.6) is 0 Å². The van der Waals surface area contributed by atoms with Crippen LogP contribution in [0.15, 0.2) is 40.8 Å². The number of hydrogen-bond acceptors (Lipinski definition) is 5. The molecule has 1 unspecified atom stereocenters. The number of furan rings is 1. The van der Waals surface area contributed by atoms with Crippen molar-refractivity contribution in [1.82, 2.24) is 10.6 Å². The maximum atomic E-state index is 11.0. The van der Waals surface area contributed by atoms with E-state index in [4.69, 9.17) is 14.6 Å². The van der Waals surface area contributed by atoms with E-state index in [1.807, 2.05) is 18.2 Å². The van der Waals surface area contributed by atoms with Crippen molar-refractivity contribution in [2.24, 2.45) is 0 Å². The molecule has 2 rings (SSSR count). The first-order valence-electron chi connectivity index (χ1n) is 7.58. The van der Waals surface area contributed by atoms with Crippen LogP contribution in [0.2, 0.25) is 0 Å². The summed E-state index contributed by atoms with van der Waals surface area (Å²) in [6, 6.07) is 10.4. The molecular weight excluding hydrogens is 296 g/mol. The van der Waals surface area contributed by atoms with Crippen LogP contribution in [0.25, 0.3) is 11.3 Å². The molecular formula is C17H22N2O4. The molecule has 0 bridgehead atoms. The maximum Gasteiger partial charge on any atom is 0.335 e. The van der Waals surface area contributed by atoms with Crippen molar-refractivity contribution in [2.75, 3.05) is 19.6 Å². The Kier molecular flexibility index (Phi) is 6.34. The Morgan fingerprint density at radius 2 is 2.00 bits per heavy atom. The van der Waals surface area contributed by atoms with Gasteiger partial charge in [0.2, 0.25) is 0 Å². The van der Waals surface area contributed by atoms with Gasteiger partial charge in [0, 0.05) is 25.2 Å². The summed E-state index contributed by atoms with van der Waals surface area (Å²) in [4.78, 5) is 11.0. The molecule has 1 heterocycles. The molecule has 124 valence electrons. The second-order valence-electron chi connectivity index (χ2n) is 5.38. The van der Waals surface area contributed by atoms with Gasteiger partial charge in [0.25, 0.3) is 0 Å². The summed E-state index contributed by atoms with van der Waals surface area (Å²) in [6.45, 7) is 4.43. The lowest BCUT2D eigenvalue weighted by Crippen LogP contribution is -2.31. The molecule has 0 radical (unpaired) electrons. The standard InChI is InChI=1S/C17H22N2O4/c1-12(20)10-18-7-8-19-11-15-5-6-16(23-15)13-3-2-4-14(9-13)17(21)22/h2-6,9,12,18-20H,7-8,10-11H2,1H3,(H,21,22). The van der Waals surface area contributed by atoms with E-state index in [1.165, 1.54) is 0 Å². The van der Waals surface area contributed by atoms with Gasteiger partial charge in [-0.2, -0.15) is 0 Å². The van der Waals surface area contributed by atoms with Crippen molar-refractivity contribution in [3.8, 4) is 11.3 Å². The van der Waals surface area contributed by atoms with Crippen LogP contribution in [0, 0.1) is 0 Å². The highest BCUT2D eigenvalue weighted by atomic mass is 16.4. The van der Waals surface area contributed by atoms with E-state index in [2.05, 4.69) is 10.6 Å². The van der Waals surface area contributed by atoms with Crippen molar-refractivity contribution in [2.45, 2.75) is 19.6 Å². The number of aliphatic hydroxyl groups is 1. The van der Waals surface area contributed by atoms with Crippen LogP contribution < -0.4 is 10.6 Å². The number of aliphatic hydroxyl groups excluding tert-OH is 1. The number of aromatic carboxylic acids is 1. The van der Waals surface area contributed by atoms with Gasteiger partial charge in [0.05, 0.1) is 18.2 Å². The molecule has 4 N–H and O–H groups in total. The second-order valence-corrected chi connectivity index (χ2v) is 5.38. The number of carboxylic acid groups (broad SMARTS) is 1. The topological polar surface area (TPSA) is 94.7 Å². The summed E-state index contributed by atoms with van der Waals surface area (Å²) in [5.41, 5.74) is 0.984.